The lowest BCUT2D eigenvalue weighted by Crippen LogP contribution is -2.27. The molecule has 0 spiro atoms. The van der Waals surface area contributed by atoms with Gasteiger partial charge in [-0.1, -0.05) is 41.9 Å². The molecule has 1 fully saturated rings. The zero-order chi connectivity index (χ0) is 26.4. The molecular formula is C27H22ClFN2O5S. The molecule has 0 aromatic heterocycles. The molecular weight excluding hydrogens is 519 g/mol. The summed E-state index contributed by atoms with van der Waals surface area (Å²) in [5.74, 6) is -0.652. The number of carbonyl (C=O) groups is 3. The average Bonchev–Trinajstić information content (AvgIpc) is 3.12. The van der Waals surface area contributed by atoms with E-state index in [4.69, 9.17) is 21.1 Å². The van der Waals surface area contributed by atoms with Gasteiger partial charge >= 0.3 is 0 Å². The number of benzene rings is 3. The third-order valence-electron chi connectivity index (χ3n) is 5.19. The highest BCUT2D eigenvalue weighted by molar-refractivity contribution is 8.18. The van der Waals surface area contributed by atoms with Gasteiger partial charge in [-0.05, 0) is 66.7 Å². The quantitative estimate of drug-likeness (QED) is 0.329. The number of amides is 3. The fourth-order valence-electron chi connectivity index (χ4n) is 3.49. The van der Waals surface area contributed by atoms with Crippen LogP contribution >= 0.6 is 23.4 Å². The highest BCUT2D eigenvalue weighted by atomic mass is 35.5. The Morgan fingerprint density at radius 1 is 1.05 bits per heavy atom. The summed E-state index contributed by atoms with van der Waals surface area (Å²) in [5, 5.41) is 2.72. The van der Waals surface area contributed by atoms with Gasteiger partial charge in [-0.2, -0.15) is 0 Å². The van der Waals surface area contributed by atoms with Crippen LogP contribution in [0.2, 0.25) is 5.02 Å². The van der Waals surface area contributed by atoms with E-state index in [1.165, 1.54) is 12.1 Å². The van der Waals surface area contributed by atoms with Crippen LogP contribution in [0.1, 0.15) is 18.1 Å². The molecule has 0 bridgehead atoms. The molecule has 1 heterocycles. The molecule has 1 aliphatic rings. The second-order valence-electron chi connectivity index (χ2n) is 7.85. The molecule has 10 heteroatoms. The monoisotopic (exact) mass is 540 g/mol. The predicted molar refractivity (Wildman–Crippen MR) is 141 cm³/mol. The number of thioether (sulfide) groups is 1. The summed E-state index contributed by atoms with van der Waals surface area (Å²) in [5.41, 5.74) is 1.39. The van der Waals surface area contributed by atoms with Crippen LogP contribution in [-0.2, 0) is 16.1 Å². The summed E-state index contributed by atoms with van der Waals surface area (Å²) >= 11 is 6.72. The lowest BCUT2D eigenvalue weighted by atomic mass is 10.1. The van der Waals surface area contributed by atoms with Crippen LogP contribution in [0.25, 0.3) is 6.08 Å². The number of carbonyl (C=O) groups excluding carboxylic acids is 3. The Kier molecular flexibility index (Phi) is 8.47. The van der Waals surface area contributed by atoms with Crippen LogP contribution in [0.15, 0.2) is 71.6 Å². The Hall–Kier alpha value is -3.82. The Bertz CT molecular complexity index is 1380. The van der Waals surface area contributed by atoms with Crippen LogP contribution in [0.5, 0.6) is 11.5 Å². The van der Waals surface area contributed by atoms with Crippen molar-refractivity contribution in [3.05, 3.63) is 93.6 Å². The van der Waals surface area contributed by atoms with Gasteiger partial charge in [0.25, 0.3) is 17.1 Å². The van der Waals surface area contributed by atoms with Crippen molar-refractivity contribution in [3.63, 3.8) is 0 Å². The van der Waals surface area contributed by atoms with E-state index in [9.17, 15) is 18.8 Å². The predicted octanol–water partition coefficient (Wildman–Crippen LogP) is 6.13. The summed E-state index contributed by atoms with van der Waals surface area (Å²) in [6, 6.07) is 17.7. The molecule has 190 valence electrons. The molecule has 0 saturated carbocycles. The maximum atomic E-state index is 14.0. The maximum Gasteiger partial charge on any atom is 0.293 e. The van der Waals surface area contributed by atoms with E-state index < -0.39 is 17.0 Å². The van der Waals surface area contributed by atoms with Gasteiger partial charge in [-0.15, -0.1) is 0 Å². The Labute approximate surface area is 222 Å². The Morgan fingerprint density at radius 2 is 1.86 bits per heavy atom. The zero-order valence-electron chi connectivity index (χ0n) is 19.7. The van der Waals surface area contributed by atoms with Gasteiger partial charge in [0.2, 0.25) is 0 Å². The van der Waals surface area contributed by atoms with Gasteiger partial charge in [0.15, 0.2) is 18.1 Å². The molecule has 37 heavy (non-hydrogen) atoms. The van der Waals surface area contributed by atoms with E-state index in [0.29, 0.717) is 34.4 Å². The van der Waals surface area contributed by atoms with Gasteiger partial charge in [0, 0.05) is 16.3 Å². The molecule has 0 unspecified atom stereocenters. The molecule has 1 aliphatic heterocycles. The number of imide groups is 1. The van der Waals surface area contributed by atoms with Crippen molar-refractivity contribution < 1.29 is 28.2 Å². The number of anilines is 1. The molecule has 0 radical (unpaired) electrons. The first-order valence-corrected chi connectivity index (χ1v) is 12.5. The molecule has 0 atom stereocenters. The van der Waals surface area contributed by atoms with Gasteiger partial charge in [0.05, 0.1) is 18.1 Å². The van der Waals surface area contributed by atoms with Crippen LogP contribution < -0.4 is 14.8 Å². The maximum absolute atomic E-state index is 14.0. The zero-order valence-corrected chi connectivity index (χ0v) is 21.3. The van der Waals surface area contributed by atoms with Gasteiger partial charge < -0.3 is 14.8 Å². The summed E-state index contributed by atoms with van der Waals surface area (Å²) in [4.78, 5) is 38.8. The fraction of sp³-hybridized carbons (Fsp3) is 0.148. The van der Waals surface area contributed by atoms with Crippen molar-refractivity contribution in [3.8, 4) is 11.5 Å². The van der Waals surface area contributed by atoms with Crippen molar-refractivity contribution in [2.24, 2.45) is 0 Å². The molecule has 7 nitrogen and oxygen atoms in total. The summed E-state index contributed by atoms with van der Waals surface area (Å²) in [6.07, 6.45) is 1.56. The van der Waals surface area contributed by atoms with Crippen molar-refractivity contribution in [1.82, 2.24) is 4.90 Å². The second-order valence-corrected chi connectivity index (χ2v) is 9.28. The largest absolute Gasteiger partial charge is 0.490 e. The van der Waals surface area contributed by atoms with E-state index in [0.717, 1.165) is 16.7 Å². The third-order valence-corrected chi connectivity index (χ3v) is 6.33. The first-order chi connectivity index (χ1) is 17.8. The molecule has 4 rings (SSSR count). The standard InChI is InChI=1S/C27H22ClFN2O5S/c1-2-35-23-12-17(10-11-22(23)36-16-25(32)30-20-8-5-7-19(28)14-20)13-24-26(33)31(27(34)37-24)15-18-6-3-4-9-21(18)29/h3-14H,2,15-16H2,1H3,(H,30,32)/b24-13-. The normalized spacial score (nSPS) is 14.2. The highest BCUT2D eigenvalue weighted by Gasteiger charge is 2.35. The average molecular weight is 541 g/mol. The minimum Gasteiger partial charge on any atom is -0.490 e. The lowest BCUT2D eigenvalue weighted by molar-refractivity contribution is -0.123. The highest BCUT2D eigenvalue weighted by Crippen LogP contribution is 2.35. The van der Waals surface area contributed by atoms with Crippen LogP contribution in [0, 0.1) is 5.82 Å². The minimum atomic E-state index is -0.505. The SMILES string of the molecule is CCOc1cc(/C=C2\SC(=O)N(Cc3ccccc3F)C2=O)ccc1OCC(=O)Nc1cccc(Cl)c1. The van der Waals surface area contributed by atoms with E-state index in [-0.39, 0.29) is 29.5 Å². The van der Waals surface area contributed by atoms with E-state index in [2.05, 4.69) is 5.32 Å². The summed E-state index contributed by atoms with van der Waals surface area (Å²) < 4.78 is 25.3. The van der Waals surface area contributed by atoms with Crippen molar-refractivity contribution in [2.75, 3.05) is 18.5 Å². The molecule has 1 N–H and O–H groups in total. The summed E-state index contributed by atoms with van der Waals surface area (Å²) in [7, 11) is 0. The third kappa shape index (κ3) is 6.69. The van der Waals surface area contributed by atoms with E-state index in [1.807, 2.05) is 0 Å². The number of rotatable bonds is 9. The van der Waals surface area contributed by atoms with Gasteiger partial charge in [0.1, 0.15) is 5.82 Å². The number of hydrogen-bond donors (Lipinski definition) is 1. The number of ether oxygens (including phenoxy) is 2. The smallest absolute Gasteiger partial charge is 0.293 e. The lowest BCUT2D eigenvalue weighted by Gasteiger charge is -2.13. The first kappa shape index (κ1) is 26.2. The van der Waals surface area contributed by atoms with E-state index in [1.54, 1.807) is 67.6 Å². The van der Waals surface area contributed by atoms with Crippen molar-refractivity contribution in [1.29, 1.82) is 0 Å². The molecule has 3 aromatic carbocycles. The molecule has 3 amide bonds. The van der Waals surface area contributed by atoms with Crippen LogP contribution in [0.3, 0.4) is 0 Å². The number of nitrogens with one attached hydrogen (secondary N) is 1. The van der Waals surface area contributed by atoms with Gasteiger partial charge in [-0.3, -0.25) is 19.3 Å². The number of hydrogen-bond acceptors (Lipinski definition) is 6. The number of halogens is 2. The van der Waals surface area contributed by atoms with Crippen LogP contribution in [0.4, 0.5) is 14.9 Å². The fourth-order valence-corrected chi connectivity index (χ4v) is 4.52. The van der Waals surface area contributed by atoms with Crippen molar-refractivity contribution in [2.45, 2.75) is 13.5 Å². The van der Waals surface area contributed by atoms with E-state index >= 15 is 0 Å². The minimum absolute atomic E-state index is 0.150. The molecule has 0 aliphatic carbocycles. The second kappa shape index (κ2) is 11.9. The first-order valence-electron chi connectivity index (χ1n) is 11.3. The number of nitrogens with zero attached hydrogens (tertiary/aromatic N) is 1. The summed E-state index contributed by atoms with van der Waals surface area (Å²) in [6.45, 7) is 1.73. The Balaban J connectivity index is 1.45. The topological polar surface area (TPSA) is 84.9 Å². The molecule has 1 saturated heterocycles. The van der Waals surface area contributed by atoms with Gasteiger partial charge in [-0.25, -0.2) is 4.39 Å². The molecule has 3 aromatic rings. The van der Waals surface area contributed by atoms with Crippen molar-refractivity contribution >= 4 is 52.2 Å². The Morgan fingerprint density at radius 3 is 2.62 bits per heavy atom. The van der Waals surface area contributed by atoms with Crippen LogP contribution in [-0.4, -0.2) is 35.2 Å².